The molecule has 0 bridgehead atoms. The predicted molar refractivity (Wildman–Crippen MR) is 71.2 cm³/mol. The summed E-state index contributed by atoms with van der Waals surface area (Å²) in [5.74, 6) is -0.0497. The van der Waals surface area contributed by atoms with Crippen LogP contribution in [0.1, 0.15) is 35.3 Å². The fourth-order valence-corrected chi connectivity index (χ4v) is 1.83. The van der Waals surface area contributed by atoms with Gasteiger partial charge in [-0.25, -0.2) is 0 Å². The second kappa shape index (κ2) is 5.96. The smallest absolute Gasteiger partial charge is 0.251 e. The summed E-state index contributed by atoms with van der Waals surface area (Å²) in [5.41, 5.74) is 1.71. The maximum atomic E-state index is 12.1. The van der Waals surface area contributed by atoms with Gasteiger partial charge in [-0.3, -0.25) is 9.78 Å². The van der Waals surface area contributed by atoms with Crippen molar-refractivity contribution in [3.63, 3.8) is 0 Å². The first-order valence-corrected chi connectivity index (χ1v) is 6.07. The highest BCUT2D eigenvalue weighted by Crippen LogP contribution is 2.15. The number of amides is 1. The van der Waals surface area contributed by atoms with Gasteiger partial charge in [0.2, 0.25) is 0 Å². The fourth-order valence-electron chi connectivity index (χ4n) is 1.83. The maximum absolute atomic E-state index is 12.1. The van der Waals surface area contributed by atoms with Crippen LogP contribution in [0, 0.1) is 0 Å². The molecular weight excluding hydrogens is 224 g/mol. The summed E-state index contributed by atoms with van der Waals surface area (Å²) >= 11 is 0. The molecule has 0 aliphatic rings. The maximum Gasteiger partial charge on any atom is 0.251 e. The van der Waals surface area contributed by atoms with Gasteiger partial charge in [-0.2, -0.15) is 0 Å². The second-order valence-electron chi connectivity index (χ2n) is 4.09. The monoisotopic (exact) mass is 240 g/mol. The molecule has 18 heavy (non-hydrogen) atoms. The minimum atomic E-state index is -0.0497. The van der Waals surface area contributed by atoms with Gasteiger partial charge in [0, 0.05) is 18.0 Å². The number of pyridine rings is 1. The van der Waals surface area contributed by atoms with Crippen LogP contribution in [0.3, 0.4) is 0 Å². The van der Waals surface area contributed by atoms with E-state index >= 15 is 0 Å². The van der Waals surface area contributed by atoms with Gasteiger partial charge in [-0.1, -0.05) is 31.2 Å². The van der Waals surface area contributed by atoms with E-state index in [4.69, 9.17) is 0 Å². The Kier molecular flexibility index (Phi) is 4.07. The van der Waals surface area contributed by atoms with Gasteiger partial charge in [0.1, 0.15) is 0 Å². The zero-order valence-corrected chi connectivity index (χ0v) is 10.3. The highest BCUT2D eigenvalue weighted by molar-refractivity contribution is 5.94. The molecule has 1 N–H and O–H groups in total. The molecule has 1 aromatic carbocycles. The van der Waals surface area contributed by atoms with Crippen molar-refractivity contribution in [3.05, 3.63) is 66.0 Å². The van der Waals surface area contributed by atoms with Crippen molar-refractivity contribution in [3.8, 4) is 0 Å². The number of nitrogens with one attached hydrogen (secondary N) is 1. The summed E-state index contributed by atoms with van der Waals surface area (Å²) in [6.07, 6.45) is 4.36. The van der Waals surface area contributed by atoms with Crippen LogP contribution in [-0.4, -0.2) is 10.9 Å². The standard InChI is InChI=1S/C15H16N2O/c1-2-14(13-9-6-10-16-11-13)17-15(18)12-7-4-3-5-8-12/h3-11,14H,2H2,1H3,(H,17,18)/t14-/m0/s1. The predicted octanol–water partition coefficient (Wildman–Crippen LogP) is 2.96. The Hall–Kier alpha value is -2.16. The molecule has 1 amide bonds. The first kappa shape index (κ1) is 12.3. The molecule has 2 aromatic rings. The van der Waals surface area contributed by atoms with Crippen LogP contribution >= 0.6 is 0 Å². The molecule has 1 heterocycles. The molecule has 0 saturated carbocycles. The summed E-state index contributed by atoms with van der Waals surface area (Å²) in [5, 5.41) is 3.02. The molecule has 1 atom stereocenters. The van der Waals surface area contributed by atoms with Crippen LogP contribution in [0.2, 0.25) is 0 Å². The van der Waals surface area contributed by atoms with E-state index in [9.17, 15) is 4.79 Å². The van der Waals surface area contributed by atoms with Gasteiger partial charge in [0.05, 0.1) is 6.04 Å². The first-order chi connectivity index (χ1) is 8.81. The lowest BCUT2D eigenvalue weighted by Crippen LogP contribution is -2.28. The molecule has 3 nitrogen and oxygen atoms in total. The Morgan fingerprint density at radius 2 is 2.00 bits per heavy atom. The van der Waals surface area contributed by atoms with Gasteiger partial charge < -0.3 is 5.32 Å². The van der Waals surface area contributed by atoms with Gasteiger partial charge in [-0.15, -0.1) is 0 Å². The number of hydrogen-bond donors (Lipinski definition) is 1. The van der Waals surface area contributed by atoms with Crippen molar-refractivity contribution >= 4 is 5.91 Å². The van der Waals surface area contributed by atoms with E-state index in [-0.39, 0.29) is 11.9 Å². The SMILES string of the molecule is CC[C@H](NC(=O)c1ccccc1)c1cccnc1. The lowest BCUT2D eigenvalue weighted by molar-refractivity contribution is 0.0935. The van der Waals surface area contributed by atoms with Crippen LogP contribution < -0.4 is 5.32 Å². The molecule has 1 aromatic heterocycles. The number of hydrogen-bond acceptors (Lipinski definition) is 2. The highest BCUT2D eigenvalue weighted by atomic mass is 16.1. The average Bonchev–Trinajstić information content (AvgIpc) is 2.46. The first-order valence-electron chi connectivity index (χ1n) is 6.07. The van der Waals surface area contributed by atoms with Gasteiger partial charge in [-0.05, 0) is 30.2 Å². The van der Waals surface area contributed by atoms with E-state index in [1.165, 1.54) is 0 Å². The third-order valence-corrected chi connectivity index (χ3v) is 2.84. The highest BCUT2D eigenvalue weighted by Gasteiger charge is 2.13. The number of rotatable bonds is 4. The fraction of sp³-hybridized carbons (Fsp3) is 0.200. The lowest BCUT2D eigenvalue weighted by atomic mass is 10.1. The van der Waals surface area contributed by atoms with Crippen molar-refractivity contribution in [2.75, 3.05) is 0 Å². The van der Waals surface area contributed by atoms with Gasteiger partial charge in [0.25, 0.3) is 5.91 Å². The number of aromatic nitrogens is 1. The number of carbonyl (C=O) groups excluding carboxylic acids is 1. The molecule has 92 valence electrons. The Labute approximate surface area is 107 Å². The van der Waals surface area contributed by atoms with Crippen molar-refractivity contribution in [2.45, 2.75) is 19.4 Å². The van der Waals surface area contributed by atoms with E-state index in [2.05, 4.69) is 10.3 Å². The molecule has 0 aliphatic heterocycles. The molecule has 0 saturated heterocycles. The summed E-state index contributed by atoms with van der Waals surface area (Å²) in [6.45, 7) is 2.04. The van der Waals surface area contributed by atoms with Crippen molar-refractivity contribution < 1.29 is 4.79 Å². The molecule has 0 unspecified atom stereocenters. The molecular formula is C15H16N2O. The molecule has 0 spiro atoms. The third kappa shape index (κ3) is 2.94. The summed E-state index contributed by atoms with van der Waals surface area (Å²) in [4.78, 5) is 16.1. The minimum Gasteiger partial charge on any atom is -0.345 e. The van der Waals surface area contributed by atoms with Crippen LogP contribution in [0.15, 0.2) is 54.9 Å². The number of benzene rings is 1. The minimum absolute atomic E-state index is 0.00593. The Morgan fingerprint density at radius 1 is 1.22 bits per heavy atom. The molecule has 0 aliphatic carbocycles. The van der Waals surface area contributed by atoms with E-state index in [0.717, 1.165) is 12.0 Å². The van der Waals surface area contributed by atoms with Crippen LogP contribution in [0.5, 0.6) is 0 Å². The Morgan fingerprint density at radius 3 is 2.61 bits per heavy atom. The molecule has 0 fully saturated rings. The van der Waals surface area contributed by atoms with E-state index in [0.29, 0.717) is 5.56 Å². The molecule has 2 rings (SSSR count). The summed E-state index contributed by atoms with van der Waals surface area (Å²) < 4.78 is 0. The van der Waals surface area contributed by atoms with Gasteiger partial charge in [0.15, 0.2) is 0 Å². The zero-order chi connectivity index (χ0) is 12.8. The summed E-state index contributed by atoms with van der Waals surface area (Å²) in [6, 6.07) is 13.1. The zero-order valence-electron chi connectivity index (χ0n) is 10.3. The van der Waals surface area contributed by atoms with E-state index in [1.807, 2.05) is 49.4 Å². The quantitative estimate of drug-likeness (QED) is 0.892. The van der Waals surface area contributed by atoms with E-state index < -0.39 is 0 Å². The van der Waals surface area contributed by atoms with Crippen molar-refractivity contribution in [1.82, 2.24) is 10.3 Å². The Balaban J connectivity index is 2.10. The molecule has 0 radical (unpaired) electrons. The third-order valence-electron chi connectivity index (χ3n) is 2.84. The van der Waals surface area contributed by atoms with Crippen LogP contribution in [0.25, 0.3) is 0 Å². The Bertz CT molecular complexity index is 496. The average molecular weight is 240 g/mol. The largest absolute Gasteiger partial charge is 0.345 e. The molecule has 3 heteroatoms. The number of carbonyl (C=O) groups is 1. The van der Waals surface area contributed by atoms with Crippen LogP contribution in [0.4, 0.5) is 0 Å². The number of nitrogens with zero attached hydrogens (tertiary/aromatic N) is 1. The van der Waals surface area contributed by atoms with Gasteiger partial charge >= 0.3 is 0 Å². The topological polar surface area (TPSA) is 42.0 Å². The second-order valence-corrected chi connectivity index (χ2v) is 4.09. The van der Waals surface area contributed by atoms with Crippen molar-refractivity contribution in [2.24, 2.45) is 0 Å². The van der Waals surface area contributed by atoms with Crippen molar-refractivity contribution in [1.29, 1.82) is 0 Å². The van der Waals surface area contributed by atoms with Crippen LogP contribution in [-0.2, 0) is 0 Å². The normalized spacial score (nSPS) is 11.8. The lowest BCUT2D eigenvalue weighted by Gasteiger charge is -2.17. The summed E-state index contributed by atoms with van der Waals surface area (Å²) in [7, 11) is 0. The van der Waals surface area contributed by atoms with E-state index in [1.54, 1.807) is 12.4 Å².